The van der Waals surface area contributed by atoms with Crippen molar-refractivity contribution in [1.29, 1.82) is 0 Å². The molecule has 0 saturated heterocycles. The molecule has 0 saturated carbocycles. The van der Waals surface area contributed by atoms with E-state index in [1.807, 2.05) is 73.7 Å². The van der Waals surface area contributed by atoms with Gasteiger partial charge in [-0.1, -0.05) is 60.7 Å². The lowest BCUT2D eigenvalue weighted by Gasteiger charge is -2.20. The standard InChI is InChI=1S/C24H24N2O3/c1-2-29-22-16-10-9-15-20(22)25-23(27)17-21(18-11-5-3-6-12-18)26-24(28)19-13-7-4-8-14-19/h3-16,21H,2,17H2,1H3,(H,25,27)(H,26,28)/t21-/m0/s1. The van der Waals surface area contributed by atoms with Crippen molar-refractivity contribution >= 4 is 17.5 Å². The molecule has 29 heavy (non-hydrogen) atoms. The van der Waals surface area contributed by atoms with Crippen LogP contribution in [-0.4, -0.2) is 18.4 Å². The Labute approximate surface area is 170 Å². The van der Waals surface area contributed by atoms with Gasteiger partial charge in [0.25, 0.3) is 5.91 Å². The van der Waals surface area contributed by atoms with E-state index in [4.69, 9.17) is 4.74 Å². The lowest BCUT2D eigenvalue weighted by atomic mass is 10.0. The second kappa shape index (κ2) is 10.1. The highest BCUT2D eigenvalue weighted by atomic mass is 16.5. The average molecular weight is 388 g/mol. The predicted octanol–water partition coefficient (Wildman–Crippen LogP) is 4.59. The molecule has 148 valence electrons. The Morgan fingerprint density at radius 2 is 1.48 bits per heavy atom. The number of nitrogens with one attached hydrogen (secondary N) is 2. The van der Waals surface area contributed by atoms with Gasteiger partial charge in [0, 0.05) is 5.56 Å². The second-order valence-corrected chi connectivity index (χ2v) is 6.48. The summed E-state index contributed by atoms with van der Waals surface area (Å²) in [5.74, 6) is 0.189. The predicted molar refractivity (Wildman–Crippen MR) is 114 cm³/mol. The molecule has 0 aliphatic carbocycles. The summed E-state index contributed by atoms with van der Waals surface area (Å²) in [4.78, 5) is 25.4. The van der Waals surface area contributed by atoms with E-state index in [1.54, 1.807) is 18.2 Å². The fourth-order valence-electron chi connectivity index (χ4n) is 3.01. The summed E-state index contributed by atoms with van der Waals surface area (Å²) in [6.07, 6.45) is 0.100. The zero-order valence-corrected chi connectivity index (χ0v) is 16.3. The minimum absolute atomic E-state index is 0.100. The largest absolute Gasteiger partial charge is 0.492 e. The number of anilines is 1. The highest BCUT2D eigenvalue weighted by Crippen LogP contribution is 2.25. The van der Waals surface area contributed by atoms with Crippen LogP contribution >= 0.6 is 0 Å². The summed E-state index contributed by atoms with van der Waals surface area (Å²) < 4.78 is 5.57. The number of ether oxygens (including phenoxy) is 1. The molecule has 2 amide bonds. The van der Waals surface area contributed by atoms with E-state index in [-0.39, 0.29) is 18.2 Å². The van der Waals surface area contributed by atoms with Crippen molar-refractivity contribution in [2.75, 3.05) is 11.9 Å². The van der Waals surface area contributed by atoms with E-state index in [1.165, 1.54) is 0 Å². The van der Waals surface area contributed by atoms with E-state index < -0.39 is 6.04 Å². The third kappa shape index (κ3) is 5.69. The minimum Gasteiger partial charge on any atom is -0.492 e. The molecule has 5 nitrogen and oxygen atoms in total. The molecular formula is C24H24N2O3. The van der Waals surface area contributed by atoms with Gasteiger partial charge in [-0.25, -0.2) is 0 Å². The van der Waals surface area contributed by atoms with Crippen molar-refractivity contribution in [2.45, 2.75) is 19.4 Å². The fourth-order valence-corrected chi connectivity index (χ4v) is 3.01. The van der Waals surface area contributed by atoms with Gasteiger partial charge < -0.3 is 15.4 Å². The van der Waals surface area contributed by atoms with Crippen LogP contribution in [0.15, 0.2) is 84.9 Å². The second-order valence-electron chi connectivity index (χ2n) is 6.48. The van der Waals surface area contributed by atoms with E-state index >= 15 is 0 Å². The van der Waals surface area contributed by atoms with Gasteiger partial charge in [0.05, 0.1) is 24.8 Å². The van der Waals surface area contributed by atoms with E-state index in [0.29, 0.717) is 23.6 Å². The highest BCUT2D eigenvalue weighted by molar-refractivity contribution is 5.96. The summed E-state index contributed by atoms with van der Waals surface area (Å²) in [5.41, 5.74) is 2.03. The van der Waals surface area contributed by atoms with Gasteiger partial charge in [-0.05, 0) is 36.8 Å². The third-order valence-corrected chi connectivity index (χ3v) is 4.39. The first-order valence-electron chi connectivity index (χ1n) is 9.60. The number of carbonyl (C=O) groups excluding carboxylic acids is 2. The topological polar surface area (TPSA) is 67.4 Å². The monoisotopic (exact) mass is 388 g/mol. The summed E-state index contributed by atoms with van der Waals surface area (Å²) in [5, 5.41) is 5.87. The van der Waals surface area contributed by atoms with Crippen LogP contribution in [0.2, 0.25) is 0 Å². The first-order chi connectivity index (χ1) is 14.2. The molecule has 0 heterocycles. The van der Waals surface area contributed by atoms with Crippen LogP contribution in [0, 0.1) is 0 Å². The summed E-state index contributed by atoms with van der Waals surface area (Å²) >= 11 is 0. The summed E-state index contributed by atoms with van der Waals surface area (Å²) in [6.45, 7) is 2.40. The quantitative estimate of drug-likeness (QED) is 0.593. The van der Waals surface area contributed by atoms with Crippen LogP contribution in [0.25, 0.3) is 0 Å². The lowest BCUT2D eigenvalue weighted by molar-refractivity contribution is -0.116. The number of para-hydroxylation sites is 2. The summed E-state index contributed by atoms with van der Waals surface area (Å²) in [6, 6.07) is 25.3. The number of rotatable bonds is 8. The smallest absolute Gasteiger partial charge is 0.251 e. The molecule has 3 aromatic carbocycles. The lowest BCUT2D eigenvalue weighted by Crippen LogP contribution is -2.31. The Kier molecular flexibility index (Phi) is 7.00. The van der Waals surface area contributed by atoms with Crippen molar-refractivity contribution in [3.63, 3.8) is 0 Å². The molecule has 0 aromatic heterocycles. The Balaban J connectivity index is 1.75. The van der Waals surface area contributed by atoms with Crippen molar-refractivity contribution in [3.05, 3.63) is 96.1 Å². The van der Waals surface area contributed by atoms with E-state index in [0.717, 1.165) is 5.56 Å². The van der Waals surface area contributed by atoms with Gasteiger partial charge >= 0.3 is 0 Å². The van der Waals surface area contributed by atoms with Crippen molar-refractivity contribution in [1.82, 2.24) is 5.32 Å². The van der Waals surface area contributed by atoms with Crippen LogP contribution in [0.1, 0.15) is 35.3 Å². The zero-order valence-electron chi connectivity index (χ0n) is 16.3. The van der Waals surface area contributed by atoms with Crippen LogP contribution < -0.4 is 15.4 Å². The fraction of sp³-hybridized carbons (Fsp3) is 0.167. The molecule has 0 bridgehead atoms. The zero-order chi connectivity index (χ0) is 20.5. The van der Waals surface area contributed by atoms with Crippen molar-refractivity contribution in [2.24, 2.45) is 0 Å². The van der Waals surface area contributed by atoms with Gasteiger partial charge in [-0.15, -0.1) is 0 Å². The molecule has 0 aliphatic rings. The molecule has 0 unspecified atom stereocenters. The normalized spacial score (nSPS) is 11.3. The van der Waals surface area contributed by atoms with Gasteiger partial charge in [0.1, 0.15) is 5.75 Å². The first kappa shape index (κ1) is 20.1. The van der Waals surface area contributed by atoms with Gasteiger partial charge in [-0.2, -0.15) is 0 Å². The molecule has 0 aliphatic heterocycles. The average Bonchev–Trinajstić information content (AvgIpc) is 2.76. The highest BCUT2D eigenvalue weighted by Gasteiger charge is 2.20. The van der Waals surface area contributed by atoms with Crippen molar-refractivity contribution < 1.29 is 14.3 Å². The molecule has 3 rings (SSSR count). The number of carbonyl (C=O) groups is 2. The van der Waals surface area contributed by atoms with Crippen LogP contribution in [0.5, 0.6) is 5.75 Å². The number of hydrogen-bond acceptors (Lipinski definition) is 3. The van der Waals surface area contributed by atoms with Crippen molar-refractivity contribution in [3.8, 4) is 5.75 Å². The minimum atomic E-state index is -0.455. The Bertz CT molecular complexity index is 943. The summed E-state index contributed by atoms with van der Waals surface area (Å²) in [7, 11) is 0. The Morgan fingerprint density at radius 3 is 2.17 bits per heavy atom. The maximum atomic E-state index is 12.8. The molecule has 3 aromatic rings. The molecule has 0 spiro atoms. The van der Waals surface area contributed by atoms with Gasteiger partial charge in [-0.3, -0.25) is 9.59 Å². The maximum Gasteiger partial charge on any atom is 0.251 e. The van der Waals surface area contributed by atoms with E-state index in [9.17, 15) is 9.59 Å². The van der Waals surface area contributed by atoms with Crippen LogP contribution in [0.3, 0.4) is 0 Å². The molecule has 0 fully saturated rings. The Morgan fingerprint density at radius 1 is 0.862 bits per heavy atom. The van der Waals surface area contributed by atoms with Gasteiger partial charge in [0.15, 0.2) is 0 Å². The van der Waals surface area contributed by atoms with Crippen LogP contribution in [0.4, 0.5) is 5.69 Å². The SMILES string of the molecule is CCOc1ccccc1NC(=O)C[C@H](NC(=O)c1ccccc1)c1ccccc1. The molecular weight excluding hydrogens is 364 g/mol. The number of hydrogen-bond donors (Lipinski definition) is 2. The Hall–Kier alpha value is -3.60. The number of benzene rings is 3. The molecule has 5 heteroatoms. The molecule has 2 N–H and O–H groups in total. The first-order valence-corrected chi connectivity index (χ1v) is 9.60. The van der Waals surface area contributed by atoms with Crippen LogP contribution in [-0.2, 0) is 4.79 Å². The van der Waals surface area contributed by atoms with Gasteiger partial charge in [0.2, 0.25) is 5.91 Å². The number of amides is 2. The molecule has 0 radical (unpaired) electrons. The molecule has 1 atom stereocenters. The van der Waals surface area contributed by atoms with E-state index in [2.05, 4.69) is 10.6 Å². The third-order valence-electron chi connectivity index (χ3n) is 4.39. The maximum absolute atomic E-state index is 12.8.